The lowest BCUT2D eigenvalue weighted by molar-refractivity contribution is 0.320. The van der Waals surface area contributed by atoms with E-state index in [2.05, 4.69) is 58.1 Å². The lowest BCUT2D eigenvalue weighted by atomic mass is 9.75. The maximum atomic E-state index is 12.3. The third kappa shape index (κ3) is 5.20. The fraction of sp³-hybridized carbons (Fsp3) is 0.375. The first-order chi connectivity index (χ1) is 15.4. The highest BCUT2D eigenvalue weighted by Crippen LogP contribution is 2.38. The van der Waals surface area contributed by atoms with Crippen molar-refractivity contribution in [1.29, 1.82) is 0 Å². The van der Waals surface area contributed by atoms with Crippen LogP contribution in [0.5, 0.6) is 5.75 Å². The fourth-order valence-corrected chi connectivity index (χ4v) is 5.40. The summed E-state index contributed by atoms with van der Waals surface area (Å²) in [5.41, 5.74) is 2.63. The summed E-state index contributed by atoms with van der Waals surface area (Å²) in [6.07, 6.45) is 5.00. The Balaban J connectivity index is 1.42. The summed E-state index contributed by atoms with van der Waals surface area (Å²) in [5.74, 6) is 0.751. The summed E-state index contributed by atoms with van der Waals surface area (Å²) in [6, 6.07) is 18.8. The van der Waals surface area contributed by atoms with E-state index in [0.717, 1.165) is 31.7 Å². The minimum absolute atomic E-state index is 0.00945. The predicted molar refractivity (Wildman–Crippen MR) is 124 cm³/mol. The summed E-state index contributed by atoms with van der Waals surface area (Å²) in [6.45, 7) is 2.46. The standard InChI is InChI=1S/C24H30N4O3S/c1-27-13-11-24(18-27,16-20-7-4-3-5-8-20)21-9-6-10-22(15-21)31-14-12-26-32(29,30)23-17-28(2)19-25-23/h3-10,15,17,19,26H,11-14,16,18H2,1-2H3. The number of ether oxygens (including phenoxy) is 1. The molecule has 1 unspecified atom stereocenters. The SMILES string of the molecule is CN1CCC(Cc2ccccc2)(c2cccc(OCCNS(=O)(=O)c3cn(C)cn3)c2)C1. The third-order valence-electron chi connectivity index (χ3n) is 6.00. The van der Waals surface area contributed by atoms with Crippen molar-refractivity contribution in [3.05, 3.63) is 78.2 Å². The Morgan fingerprint density at radius 1 is 1.12 bits per heavy atom. The Bertz CT molecular complexity index is 1150. The Labute approximate surface area is 190 Å². The Kier molecular flexibility index (Phi) is 6.64. The number of hydrogen-bond donors (Lipinski definition) is 1. The molecule has 32 heavy (non-hydrogen) atoms. The highest BCUT2D eigenvalue weighted by Gasteiger charge is 2.38. The van der Waals surface area contributed by atoms with Crippen LogP contribution in [0, 0.1) is 0 Å². The normalized spacial score (nSPS) is 19.3. The van der Waals surface area contributed by atoms with Gasteiger partial charge in [-0.1, -0.05) is 42.5 Å². The van der Waals surface area contributed by atoms with Gasteiger partial charge in [-0.3, -0.25) is 0 Å². The van der Waals surface area contributed by atoms with Gasteiger partial charge < -0.3 is 14.2 Å². The molecule has 1 aliphatic heterocycles. The zero-order valence-electron chi connectivity index (χ0n) is 18.6. The van der Waals surface area contributed by atoms with Crippen LogP contribution in [0.2, 0.25) is 0 Å². The van der Waals surface area contributed by atoms with Crippen molar-refractivity contribution in [2.45, 2.75) is 23.3 Å². The van der Waals surface area contributed by atoms with Gasteiger partial charge in [0.25, 0.3) is 10.0 Å². The average Bonchev–Trinajstić information content (AvgIpc) is 3.39. The van der Waals surface area contributed by atoms with Crippen molar-refractivity contribution in [3.8, 4) is 5.75 Å². The zero-order valence-corrected chi connectivity index (χ0v) is 19.4. The summed E-state index contributed by atoms with van der Waals surface area (Å²) >= 11 is 0. The molecule has 0 spiro atoms. The molecule has 7 nitrogen and oxygen atoms in total. The first-order valence-electron chi connectivity index (χ1n) is 10.8. The number of aromatic nitrogens is 2. The first-order valence-corrected chi connectivity index (χ1v) is 12.3. The van der Waals surface area contributed by atoms with Crippen LogP contribution in [-0.2, 0) is 28.9 Å². The highest BCUT2D eigenvalue weighted by atomic mass is 32.2. The number of likely N-dealkylation sites (tertiary alicyclic amines) is 1. The van der Waals surface area contributed by atoms with Crippen LogP contribution in [0.1, 0.15) is 17.5 Å². The molecule has 0 bridgehead atoms. The van der Waals surface area contributed by atoms with Gasteiger partial charge in [-0.25, -0.2) is 18.1 Å². The molecule has 4 rings (SSSR count). The molecule has 1 aromatic heterocycles. The van der Waals surface area contributed by atoms with Gasteiger partial charge in [0.15, 0.2) is 5.03 Å². The van der Waals surface area contributed by atoms with Crippen LogP contribution >= 0.6 is 0 Å². The van der Waals surface area contributed by atoms with Crippen molar-refractivity contribution in [2.75, 3.05) is 33.3 Å². The predicted octanol–water partition coefficient (Wildman–Crippen LogP) is 2.59. The molecular formula is C24H30N4O3S. The van der Waals surface area contributed by atoms with E-state index in [9.17, 15) is 8.42 Å². The van der Waals surface area contributed by atoms with E-state index in [1.165, 1.54) is 23.7 Å². The van der Waals surface area contributed by atoms with Gasteiger partial charge in [0.2, 0.25) is 0 Å². The summed E-state index contributed by atoms with van der Waals surface area (Å²) in [4.78, 5) is 6.27. The van der Waals surface area contributed by atoms with Gasteiger partial charge >= 0.3 is 0 Å². The molecule has 170 valence electrons. The molecule has 1 saturated heterocycles. The van der Waals surface area contributed by atoms with Crippen molar-refractivity contribution in [1.82, 2.24) is 19.2 Å². The number of nitrogens with zero attached hydrogens (tertiary/aromatic N) is 3. The molecule has 8 heteroatoms. The molecule has 0 radical (unpaired) electrons. The fourth-order valence-electron chi connectivity index (χ4n) is 4.41. The van der Waals surface area contributed by atoms with Crippen molar-refractivity contribution < 1.29 is 13.2 Å². The largest absolute Gasteiger partial charge is 0.492 e. The van der Waals surface area contributed by atoms with E-state index in [4.69, 9.17) is 4.74 Å². The Morgan fingerprint density at radius 2 is 1.94 bits per heavy atom. The number of benzene rings is 2. The summed E-state index contributed by atoms with van der Waals surface area (Å²) < 4.78 is 34.6. The van der Waals surface area contributed by atoms with Crippen LogP contribution in [0.4, 0.5) is 0 Å². The lowest BCUT2D eigenvalue weighted by Gasteiger charge is -2.30. The molecule has 2 heterocycles. The van der Waals surface area contributed by atoms with E-state index in [1.807, 2.05) is 18.2 Å². The molecule has 0 saturated carbocycles. The van der Waals surface area contributed by atoms with Crippen LogP contribution in [0.15, 0.2) is 72.1 Å². The maximum Gasteiger partial charge on any atom is 0.259 e. The van der Waals surface area contributed by atoms with Crippen molar-refractivity contribution >= 4 is 10.0 Å². The second-order valence-electron chi connectivity index (χ2n) is 8.58. The highest BCUT2D eigenvalue weighted by molar-refractivity contribution is 7.89. The molecular weight excluding hydrogens is 424 g/mol. The van der Waals surface area contributed by atoms with Gasteiger partial charge in [0, 0.05) is 31.7 Å². The molecule has 1 atom stereocenters. The van der Waals surface area contributed by atoms with E-state index < -0.39 is 10.0 Å². The number of imidazole rings is 1. The summed E-state index contributed by atoms with van der Waals surface area (Å²) in [7, 11) is 0.265. The van der Waals surface area contributed by atoms with Crippen LogP contribution < -0.4 is 9.46 Å². The van der Waals surface area contributed by atoms with Crippen molar-refractivity contribution in [3.63, 3.8) is 0 Å². The van der Waals surface area contributed by atoms with E-state index >= 15 is 0 Å². The van der Waals surface area contributed by atoms with Gasteiger partial charge in [-0.15, -0.1) is 0 Å². The maximum absolute atomic E-state index is 12.3. The number of nitrogens with one attached hydrogen (secondary N) is 1. The second-order valence-corrected chi connectivity index (χ2v) is 10.3. The molecule has 0 amide bonds. The Morgan fingerprint density at radius 3 is 2.62 bits per heavy atom. The van der Waals surface area contributed by atoms with Gasteiger partial charge in [0.1, 0.15) is 12.4 Å². The minimum atomic E-state index is -3.63. The molecule has 0 aliphatic carbocycles. The minimum Gasteiger partial charge on any atom is -0.492 e. The number of rotatable bonds is 9. The van der Waals surface area contributed by atoms with Crippen LogP contribution in [-0.4, -0.2) is 56.2 Å². The molecule has 2 aromatic carbocycles. The smallest absolute Gasteiger partial charge is 0.259 e. The monoisotopic (exact) mass is 454 g/mol. The summed E-state index contributed by atoms with van der Waals surface area (Å²) in [5, 5.41) is 0.00945. The van der Waals surface area contributed by atoms with Crippen molar-refractivity contribution in [2.24, 2.45) is 7.05 Å². The number of aryl methyl sites for hydroxylation is 1. The van der Waals surface area contributed by atoms with E-state index in [1.54, 1.807) is 11.6 Å². The van der Waals surface area contributed by atoms with Crippen LogP contribution in [0.25, 0.3) is 0 Å². The third-order valence-corrected chi connectivity index (χ3v) is 7.34. The Hall–Kier alpha value is -2.68. The first kappa shape index (κ1) is 22.5. The number of hydrogen-bond acceptors (Lipinski definition) is 5. The van der Waals surface area contributed by atoms with E-state index in [0.29, 0.717) is 0 Å². The van der Waals surface area contributed by atoms with Gasteiger partial charge in [0.05, 0.1) is 6.33 Å². The molecule has 1 aliphatic rings. The molecule has 1 N–H and O–H groups in total. The topological polar surface area (TPSA) is 76.5 Å². The average molecular weight is 455 g/mol. The van der Waals surface area contributed by atoms with E-state index in [-0.39, 0.29) is 23.6 Å². The van der Waals surface area contributed by atoms with Gasteiger partial charge in [-0.05, 0) is 49.7 Å². The zero-order chi connectivity index (χ0) is 22.6. The van der Waals surface area contributed by atoms with Gasteiger partial charge in [-0.2, -0.15) is 0 Å². The quantitative estimate of drug-likeness (QED) is 0.503. The number of sulfonamides is 1. The molecule has 1 fully saturated rings. The molecule has 3 aromatic rings. The second kappa shape index (κ2) is 9.44. The lowest BCUT2D eigenvalue weighted by Crippen LogP contribution is -2.32. The van der Waals surface area contributed by atoms with Crippen LogP contribution in [0.3, 0.4) is 0 Å². The number of likely N-dealkylation sites (N-methyl/N-ethyl adjacent to an activating group) is 1.